The summed E-state index contributed by atoms with van der Waals surface area (Å²) in [5.41, 5.74) is 1.29. The zero-order valence-electron chi connectivity index (χ0n) is 7.97. The lowest BCUT2D eigenvalue weighted by molar-refractivity contribution is 0.414. The van der Waals surface area contributed by atoms with Gasteiger partial charge in [-0.2, -0.15) is 0 Å². The highest BCUT2D eigenvalue weighted by Gasteiger charge is 1.94. The fraction of sp³-hybridized carbons (Fsp3) is 0.273. The molecule has 0 bridgehead atoms. The molecule has 0 aliphatic rings. The highest BCUT2D eigenvalue weighted by atomic mass is 79.9. The molecule has 1 aromatic rings. The van der Waals surface area contributed by atoms with Crippen molar-refractivity contribution in [2.45, 2.75) is 12.8 Å². The van der Waals surface area contributed by atoms with E-state index < -0.39 is 0 Å². The number of rotatable bonds is 4. The molecular formula is C11H12Br2O. The van der Waals surface area contributed by atoms with Gasteiger partial charge in [0.05, 0.1) is 10.5 Å². The van der Waals surface area contributed by atoms with Crippen molar-refractivity contribution in [1.29, 1.82) is 0 Å². The maximum atomic E-state index is 5.15. The predicted molar refractivity (Wildman–Crippen MR) is 67.3 cm³/mol. The van der Waals surface area contributed by atoms with Gasteiger partial charge in [-0.1, -0.05) is 18.2 Å². The fourth-order valence-electron chi connectivity index (χ4n) is 1.18. The number of allylic oxidation sites excluding steroid dienone is 1. The van der Waals surface area contributed by atoms with Crippen LogP contribution in [0.5, 0.6) is 5.75 Å². The van der Waals surface area contributed by atoms with Crippen molar-refractivity contribution in [2.24, 2.45) is 0 Å². The molecule has 0 aromatic heterocycles. The van der Waals surface area contributed by atoms with E-state index in [1.54, 1.807) is 7.11 Å². The molecule has 0 amide bonds. The van der Waals surface area contributed by atoms with E-state index in [1.807, 2.05) is 12.1 Å². The first-order valence-corrected chi connectivity index (χ1v) is 5.95. The molecule has 0 heterocycles. The molecule has 0 aliphatic heterocycles. The SMILES string of the molecule is COc1cccc(CCC=C(Br)Br)c1. The van der Waals surface area contributed by atoms with Crippen LogP contribution < -0.4 is 4.74 Å². The minimum Gasteiger partial charge on any atom is -0.497 e. The molecule has 14 heavy (non-hydrogen) atoms. The summed E-state index contributed by atoms with van der Waals surface area (Å²) in [6, 6.07) is 8.15. The maximum Gasteiger partial charge on any atom is 0.119 e. The predicted octanol–water partition coefficient (Wildman–Crippen LogP) is 4.26. The van der Waals surface area contributed by atoms with Crippen LogP contribution in [0.4, 0.5) is 0 Å². The van der Waals surface area contributed by atoms with Crippen LogP contribution in [0.2, 0.25) is 0 Å². The molecule has 0 aliphatic carbocycles. The number of ether oxygens (including phenoxy) is 1. The fourth-order valence-corrected chi connectivity index (χ4v) is 1.63. The van der Waals surface area contributed by atoms with Crippen LogP contribution in [0.25, 0.3) is 0 Å². The summed E-state index contributed by atoms with van der Waals surface area (Å²) in [7, 11) is 1.69. The summed E-state index contributed by atoms with van der Waals surface area (Å²) in [5, 5.41) is 0. The van der Waals surface area contributed by atoms with E-state index in [4.69, 9.17) is 4.74 Å². The molecule has 76 valence electrons. The molecule has 0 unspecified atom stereocenters. The molecule has 0 fully saturated rings. The van der Waals surface area contributed by atoms with Gasteiger partial charge in [0.1, 0.15) is 5.75 Å². The van der Waals surface area contributed by atoms with E-state index in [2.05, 4.69) is 50.1 Å². The molecule has 0 N–H and O–H groups in total. The van der Waals surface area contributed by atoms with E-state index in [0.717, 1.165) is 22.0 Å². The van der Waals surface area contributed by atoms with E-state index >= 15 is 0 Å². The second-order valence-electron chi connectivity index (χ2n) is 2.88. The molecule has 1 rings (SSSR count). The van der Waals surface area contributed by atoms with Gasteiger partial charge >= 0.3 is 0 Å². The molecular weight excluding hydrogens is 308 g/mol. The Morgan fingerprint density at radius 1 is 1.43 bits per heavy atom. The normalized spacial score (nSPS) is 9.64. The molecule has 1 nitrogen and oxygen atoms in total. The molecule has 0 atom stereocenters. The first-order valence-electron chi connectivity index (χ1n) is 4.36. The maximum absolute atomic E-state index is 5.15. The lowest BCUT2D eigenvalue weighted by Crippen LogP contribution is -1.86. The third-order valence-corrected chi connectivity index (χ3v) is 2.51. The Hall–Kier alpha value is -0.280. The van der Waals surface area contributed by atoms with Gasteiger partial charge in [-0.15, -0.1) is 0 Å². The lowest BCUT2D eigenvalue weighted by atomic mass is 10.1. The minimum absolute atomic E-state index is 0.921. The van der Waals surface area contributed by atoms with Crippen molar-refractivity contribution >= 4 is 31.9 Å². The Balaban J connectivity index is 2.54. The molecule has 3 heteroatoms. The molecule has 0 radical (unpaired) electrons. The van der Waals surface area contributed by atoms with Gasteiger partial charge in [0.15, 0.2) is 0 Å². The van der Waals surface area contributed by atoms with Crippen LogP contribution in [0.3, 0.4) is 0 Å². The van der Waals surface area contributed by atoms with Crippen LogP contribution >= 0.6 is 31.9 Å². The van der Waals surface area contributed by atoms with Gasteiger partial charge in [-0.3, -0.25) is 0 Å². The summed E-state index contributed by atoms with van der Waals surface area (Å²) in [6.45, 7) is 0. The number of methoxy groups -OCH3 is 1. The number of hydrogen-bond acceptors (Lipinski definition) is 1. The Morgan fingerprint density at radius 3 is 2.86 bits per heavy atom. The van der Waals surface area contributed by atoms with E-state index in [1.165, 1.54) is 5.56 Å². The third kappa shape index (κ3) is 4.29. The first kappa shape index (κ1) is 11.8. The number of aryl methyl sites for hydroxylation is 1. The Labute approximate surface area is 101 Å². The van der Waals surface area contributed by atoms with Crippen molar-refractivity contribution in [2.75, 3.05) is 7.11 Å². The quantitative estimate of drug-likeness (QED) is 0.805. The standard InChI is InChI=1S/C11H12Br2O/c1-14-10-6-2-4-9(8-10)5-3-7-11(12)13/h2,4,6-8H,3,5H2,1H3. The summed E-state index contributed by atoms with van der Waals surface area (Å²) in [5.74, 6) is 0.921. The molecule has 1 aromatic carbocycles. The van der Waals surface area contributed by atoms with Crippen molar-refractivity contribution in [3.63, 3.8) is 0 Å². The van der Waals surface area contributed by atoms with Crippen molar-refractivity contribution in [1.82, 2.24) is 0 Å². The van der Waals surface area contributed by atoms with E-state index in [0.29, 0.717) is 0 Å². The van der Waals surface area contributed by atoms with E-state index in [-0.39, 0.29) is 0 Å². The van der Waals surface area contributed by atoms with Crippen LogP contribution in [-0.4, -0.2) is 7.11 Å². The van der Waals surface area contributed by atoms with Gasteiger partial charge in [-0.25, -0.2) is 0 Å². The van der Waals surface area contributed by atoms with Gasteiger partial charge in [0, 0.05) is 0 Å². The Kier molecular flexibility index (Phi) is 5.26. The second kappa shape index (κ2) is 6.25. The van der Waals surface area contributed by atoms with Crippen molar-refractivity contribution < 1.29 is 4.74 Å². The monoisotopic (exact) mass is 318 g/mol. The number of halogens is 2. The van der Waals surface area contributed by atoms with Crippen LogP contribution in [0, 0.1) is 0 Å². The second-order valence-corrected chi connectivity index (χ2v) is 5.66. The molecule has 0 saturated carbocycles. The number of hydrogen-bond donors (Lipinski definition) is 0. The molecule has 0 spiro atoms. The molecule has 0 saturated heterocycles. The summed E-state index contributed by atoms with van der Waals surface area (Å²) < 4.78 is 6.16. The highest BCUT2D eigenvalue weighted by molar-refractivity contribution is 9.28. The van der Waals surface area contributed by atoms with Crippen LogP contribution in [0.15, 0.2) is 33.7 Å². The van der Waals surface area contributed by atoms with E-state index in [9.17, 15) is 0 Å². The first-order chi connectivity index (χ1) is 6.72. The van der Waals surface area contributed by atoms with Crippen molar-refractivity contribution in [3.05, 3.63) is 39.3 Å². The lowest BCUT2D eigenvalue weighted by Gasteiger charge is -2.02. The minimum atomic E-state index is 0.921. The Bertz CT molecular complexity index is 317. The summed E-state index contributed by atoms with van der Waals surface area (Å²) in [6.07, 6.45) is 4.14. The number of benzene rings is 1. The average molecular weight is 320 g/mol. The topological polar surface area (TPSA) is 9.23 Å². The van der Waals surface area contributed by atoms with Crippen LogP contribution in [0.1, 0.15) is 12.0 Å². The largest absolute Gasteiger partial charge is 0.497 e. The van der Waals surface area contributed by atoms with Gasteiger partial charge in [0.25, 0.3) is 0 Å². The average Bonchev–Trinajstić information content (AvgIpc) is 2.18. The van der Waals surface area contributed by atoms with Gasteiger partial charge in [0.2, 0.25) is 0 Å². The Morgan fingerprint density at radius 2 is 2.21 bits per heavy atom. The highest BCUT2D eigenvalue weighted by Crippen LogP contribution is 2.17. The zero-order valence-corrected chi connectivity index (χ0v) is 11.1. The van der Waals surface area contributed by atoms with Gasteiger partial charge in [-0.05, 0) is 62.4 Å². The third-order valence-electron chi connectivity index (χ3n) is 1.87. The zero-order chi connectivity index (χ0) is 10.4. The summed E-state index contributed by atoms with van der Waals surface area (Å²) in [4.78, 5) is 0. The van der Waals surface area contributed by atoms with Crippen LogP contribution in [-0.2, 0) is 6.42 Å². The summed E-state index contributed by atoms with van der Waals surface area (Å²) >= 11 is 6.66. The van der Waals surface area contributed by atoms with Gasteiger partial charge < -0.3 is 4.74 Å². The van der Waals surface area contributed by atoms with Crippen molar-refractivity contribution in [3.8, 4) is 5.75 Å². The smallest absolute Gasteiger partial charge is 0.119 e.